The summed E-state index contributed by atoms with van der Waals surface area (Å²) in [5.74, 6) is 1.60. The summed E-state index contributed by atoms with van der Waals surface area (Å²) in [6, 6.07) is 7.78. The Labute approximate surface area is 171 Å². The van der Waals surface area contributed by atoms with Gasteiger partial charge in [-0.15, -0.1) is 0 Å². The molecule has 2 aromatic rings. The molecule has 0 spiro atoms. The number of nitrogens with zero attached hydrogens (tertiary/aromatic N) is 3. The third-order valence-electron chi connectivity index (χ3n) is 5.33. The number of methoxy groups -OCH3 is 1. The maximum atomic E-state index is 13.0. The van der Waals surface area contributed by atoms with E-state index in [-0.39, 0.29) is 17.7 Å². The van der Waals surface area contributed by atoms with Crippen LogP contribution in [0.15, 0.2) is 28.8 Å². The van der Waals surface area contributed by atoms with Gasteiger partial charge in [-0.05, 0) is 31.0 Å². The van der Waals surface area contributed by atoms with Crippen LogP contribution in [0.3, 0.4) is 0 Å². The maximum absolute atomic E-state index is 13.0. The lowest BCUT2D eigenvalue weighted by Crippen LogP contribution is -2.50. The Hall–Kier alpha value is -2.83. The van der Waals surface area contributed by atoms with E-state index in [1.807, 2.05) is 43.0 Å². The van der Waals surface area contributed by atoms with Gasteiger partial charge in [0.05, 0.1) is 12.8 Å². The second-order valence-electron chi connectivity index (χ2n) is 7.68. The molecule has 1 aliphatic heterocycles. The molecule has 0 saturated carbocycles. The van der Waals surface area contributed by atoms with Gasteiger partial charge < -0.3 is 19.1 Å². The molecule has 7 nitrogen and oxygen atoms in total. The van der Waals surface area contributed by atoms with Gasteiger partial charge in [-0.3, -0.25) is 9.59 Å². The first-order valence-electron chi connectivity index (χ1n) is 10.1. The highest BCUT2D eigenvalue weighted by molar-refractivity contribution is 5.96. The number of hydrogen-bond acceptors (Lipinski definition) is 5. The Kier molecular flexibility index (Phi) is 6.56. The third kappa shape index (κ3) is 4.78. The van der Waals surface area contributed by atoms with E-state index in [4.69, 9.17) is 9.26 Å². The zero-order valence-corrected chi connectivity index (χ0v) is 17.6. The monoisotopic (exact) mass is 399 g/mol. The van der Waals surface area contributed by atoms with Gasteiger partial charge in [0.2, 0.25) is 5.91 Å². The second kappa shape index (κ2) is 9.11. The van der Waals surface area contributed by atoms with Gasteiger partial charge >= 0.3 is 0 Å². The van der Waals surface area contributed by atoms with E-state index < -0.39 is 0 Å². The number of aryl methyl sites for hydroxylation is 2. The summed E-state index contributed by atoms with van der Waals surface area (Å²) < 4.78 is 10.5. The first-order valence-corrected chi connectivity index (χ1v) is 10.1. The molecule has 0 N–H and O–H groups in total. The zero-order chi connectivity index (χ0) is 21.0. The minimum atomic E-state index is -0.0576. The van der Waals surface area contributed by atoms with E-state index in [0.29, 0.717) is 56.0 Å². The minimum Gasteiger partial charge on any atom is -0.497 e. The third-order valence-corrected chi connectivity index (χ3v) is 5.33. The van der Waals surface area contributed by atoms with Gasteiger partial charge in [0.25, 0.3) is 5.91 Å². The molecule has 0 aliphatic carbocycles. The van der Waals surface area contributed by atoms with Crippen molar-refractivity contribution in [2.75, 3.05) is 33.3 Å². The zero-order valence-electron chi connectivity index (χ0n) is 17.6. The van der Waals surface area contributed by atoms with Crippen molar-refractivity contribution in [3.05, 3.63) is 46.8 Å². The summed E-state index contributed by atoms with van der Waals surface area (Å²) in [6.07, 6.45) is 1.15. The fraction of sp³-hybridized carbons (Fsp3) is 0.500. The Morgan fingerprint density at radius 3 is 2.31 bits per heavy atom. The molecule has 0 atom stereocenters. The molecule has 1 saturated heterocycles. The number of carbonyl (C=O) groups is 2. The molecule has 1 aromatic heterocycles. The topological polar surface area (TPSA) is 75.9 Å². The largest absolute Gasteiger partial charge is 0.497 e. The van der Waals surface area contributed by atoms with Crippen molar-refractivity contribution >= 4 is 11.8 Å². The Morgan fingerprint density at radius 1 is 1.10 bits per heavy atom. The Morgan fingerprint density at radius 2 is 1.72 bits per heavy atom. The van der Waals surface area contributed by atoms with E-state index in [0.717, 1.165) is 11.3 Å². The average molecular weight is 399 g/mol. The number of aromatic nitrogens is 1. The van der Waals surface area contributed by atoms with Gasteiger partial charge in [0, 0.05) is 38.5 Å². The van der Waals surface area contributed by atoms with Crippen LogP contribution < -0.4 is 4.74 Å². The van der Waals surface area contributed by atoms with Gasteiger partial charge in [0.1, 0.15) is 11.3 Å². The van der Waals surface area contributed by atoms with Crippen molar-refractivity contribution in [1.82, 2.24) is 15.0 Å². The fourth-order valence-corrected chi connectivity index (χ4v) is 3.56. The summed E-state index contributed by atoms with van der Waals surface area (Å²) in [7, 11) is 1.64. The average Bonchev–Trinajstić information content (AvgIpc) is 3.13. The number of benzene rings is 1. The lowest BCUT2D eigenvalue weighted by molar-refractivity contribution is -0.132. The molecule has 1 fully saturated rings. The number of ether oxygens (including phenoxy) is 1. The molecule has 3 rings (SSSR count). The molecular formula is C22H29N3O4. The number of carbonyl (C=O) groups excluding carboxylic acids is 2. The van der Waals surface area contributed by atoms with Crippen molar-refractivity contribution in [2.45, 2.75) is 39.5 Å². The summed E-state index contributed by atoms with van der Waals surface area (Å²) in [6.45, 7) is 7.90. The normalized spacial score (nSPS) is 14.4. The number of hydrogen-bond donors (Lipinski definition) is 0. The van der Waals surface area contributed by atoms with Crippen molar-refractivity contribution in [3.63, 3.8) is 0 Å². The van der Waals surface area contributed by atoms with Crippen LogP contribution in [0.1, 0.15) is 53.6 Å². The van der Waals surface area contributed by atoms with Crippen LogP contribution in [0, 0.1) is 6.92 Å². The van der Waals surface area contributed by atoms with E-state index >= 15 is 0 Å². The molecule has 7 heteroatoms. The van der Waals surface area contributed by atoms with Gasteiger partial charge in [-0.2, -0.15) is 0 Å². The van der Waals surface area contributed by atoms with Gasteiger partial charge in [-0.1, -0.05) is 31.1 Å². The quantitative estimate of drug-likeness (QED) is 0.746. The number of amides is 2. The van der Waals surface area contributed by atoms with Crippen LogP contribution in [0.4, 0.5) is 0 Å². The highest BCUT2D eigenvalue weighted by atomic mass is 16.5. The van der Waals surface area contributed by atoms with Crippen LogP contribution >= 0.6 is 0 Å². The highest BCUT2D eigenvalue weighted by Gasteiger charge is 2.30. The second-order valence-corrected chi connectivity index (χ2v) is 7.68. The first kappa shape index (κ1) is 20.9. The standard InChI is InChI=1S/C22H29N3O4/c1-15(2)21-20(16(3)23-29-21)22(27)25-13-11-24(12-14-25)19(26)10-7-17-5-8-18(28-4)9-6-17/h5-6,8-9,15H,7,10-14H2,1-4H3. The van der Waals surface area contributed by atoms with Gasteiger partial charge in [0.15, 0.2) is 5.76 Å². The summed E-state index contributed by atoms with van der Waals surface area (Å²) in [5.41, 5.74) is 2.30. The molecule has 29 heavy (non-hydrogen) atoms. The van der Waals surface area contributed by atoms with Crippen LogP contribution in [0.25, 0.3) is 0 Å². The molecule has 0 radical (unpaired) electrons. The van der Waals surface area contributed by atoms with Crippen molar-refractivity contribution in [1.29, 1.82) is 0 Å². The van der Waals surface area contributed by atoms with E-state index in [1.165, 1.54) is 0 Å². The van der Waals surface area contributed by atoms with Crippen molar-refractivity contribution < 1.29 is 18.8 Å². The predicted molar refractivity (Wildman–Crippen MR) is 109 cm³/mol. The summed E-state index contributed by atoms with van der Waals surface area (Å²) >= 11 is 0. The van der Waals surface area contributed by atoms with Crippen molar-refractivity contribution in [2.24, 2.45) is 0 Å². The van der Waals surface area contributed by atoms with Crippen LogP contribution in [0.2, 0.25) is 0 Å². The minimum absolute atomic E-state index is 0.0576. The van der Waals surface area contributed by atoms with Crippen molar-refractivity contribution in [3.8, 4) is 5.75 Å². The number of rotatable bonds is 6. The molecule has 1 aromatic carbocycles. The number of piperazine rings is 1. The lowest BCUT2D eigenvalue weighted by atomic mass is 10.0. The Bertz CT molecular complexity index is 849. The SMILES string of the molecule is COc1ccc(CCC(=O)N2CCN(C(=O)c3c(C)noc3C(C)C)CC2)cc1. The smallest absolute Gasteiger partial charge is 0.259 e. The molecule has 0 bridgehead atoms. The lowest BCUT2D eigenvalue weighted by Gasteiger charge is -2.35. The molecule has 1 aliphatic rings. The summed E-state index contributed by atoms with van der Waals surface area (Å²) in [5, 5.41) is 3.97. The summed E-state index contributed by atoms with van der Waals surface area (Å²) in [4.78, 5) is 29.2. The van der Waals surface area contributed by atoms with E-state index in [1.54, 1.807) is 18.9 Å². The van der Waals surface area contributed by atoms with E-state index in [9.17, 15) is 9.59 Å². The molecule has 2 heterocycles. The highest BCUT2D eigenvalue weighted by Crippen LogP contribution is 2.24. The van der Waals surface area contributed by atoms with Crippen LogP contribution in [0.5, 0.6) is 5.75 Å². The van der Waals surface area contributed by atoms with Crippen LogP contribution in [-0.4, -0.2) is 60.1 Å². The fourth-order valence-electron chi connectivity index (χ4n) is 3.56. The van der Waals surface area contributed by atoms with Gasteiger partial charge in [-0.25, -0.2) is 0 Å². The Balaban J connectivity index is 1.52. The molecule has 2 amide bonds. The molecule has 156 valence electrons. The predicted octanol–water partition coefficient (Wildman–Crippen LogP) is 3.03. The molecule has 0 unspecified atom stereocenters. The van der Waals surface area contributed by atoms with E-state index in [2.05, 4.69) is 5.16 Å². The maximum Gasteiger partial charge on any atom is 0.259 e. The molecular weight excluding hydrogens is 370 g/mol. The van der Waals surface area contributed by atoms with Crippen LogP contribution in [-0.2, 0) is 11.2 Å². The first-order chi connectivity index (χ1) is 13.9.